The average molecular weight is 187 g/mol. The summed E-state index contributed by atoms with van der Waals surface area (Å²) in [6.45, 7) is 0.315. The van der Waals surface area contributed by atoms with Gasteiger partial charge in [-0.3, -0.25) is 0 Å². The van der Waals surface area contributed by atoms with E-state index in [-0.39, 0.29) is 5.75 Å². The van der Waals surface area contributed by atoms with Gasteiger partial charge in [0.2, 0.25) is 0 Å². The molecule has 0 amide bonds. The molecule has 0 unspecified atom stereocenters. The second kappa shape index (κ2) is 4.18. The van der Waals surface area contributed by atoms with E-state index in [1.165, 1.54) is 7.11 Å². The molecular weight excluding hydrogens is 176 g/mol. The number of ether oxygens (including phenoxy) is 1. The SMILES string of the molecule is CNCc1c(F)cc(F)cc1OC. The van der Waals surface area contributed by atoms with Crippen LogP contribution in [0.4, 0.5) is 8.78 Å². The maximum atomic E-state index is 13.1. The number of benzene rings is 1. The van der Waals surface area contributed by atoms with Crippen LogP contribution in [-0.4, -0.2) is 14.2 Å². The van der Waals surface area contributed by atoms with Crippen molar-refractivity contribution in [2.75, 3.05) is 14.2 Å². The number of hydrogen-bond acceptors (Lipinski definition) is 2. The van der Waals surface area contributed by atoms with Gasteiger partial charge in [0.05, 0.1) is 7.11 Å². The summed E-state index contributed by atoms with van der Waals surface area (Å²) >= 11 is 0. The second-order valence-electron chi connectivity index (χ2n) is 2.60. The summed E-state index contributed by atoms with van der Waals surface area (Å²) in [5.41, 5.74) is 0.339. The Labute approximate surface area is 75.5 Å². The monoisotopic (exact) mass is 187 g/mol. The molecule has 0 radical (unpaired) electrons. The summed E-state index contributed by atoms with van der Waals surface area (Å²) in [4.78, 5) is 0. The van der Waals surface area contributed by atoms with Crippen LogP contribution >= 0.6 is 0 Å². The van der Waals surface area contributed by atoms with Crippen molar-refractivity contribution in [1.29, 1.82) is 0 Å². The van der Waals surface area contributed by atoms with Gasteiger partial charge in [-0.2, -0.15) is 0 Å². The van der Waals surface area contributed by atoms with E-state index in [2.05, 4.69) is 5.32 Å². The summed E-state index contributed by atoms with van der Waals surface area (Å²) in [6, 6.07) is 2.00. The van der Waals surface area contributed by atoms with Crippen LogP contribution in [0.3, 0.4) is 0 Å². The van der Waals surface area contributed by atoms with Crippen molar-refractivity contribution in [3.63, 3.8) is 0 Å². The van der Waals surface area contributed by atoms with Crippen molar-refractivity contribution < 1.29 is 13.5 Å². The zero-order valence-corrected chi connectivity index (χ0v) is 7.53. The molecule has 0 aromatic heterocycles. The Bertz CT molecular complexity index is 302. The highest BCUT2D eigenvalue weighted by molar-refractivity contribution is 5.35. The largest absolute Gasteiger partial charge is 0.496 e. The predicted molar refractivity (Wildman–Crippen MR) is 45.7 cm³/mol. The van der Waals surface area contributed by atoms with Crippen LogP contribution in [0.25, 0.3) is 0 Å². The Morgan fingerprint density at radius 1 is 1.38 bits per heavy atom. The summed E-state index contributed by atoms with van der Waals surface area (Å²) in [7, 11) is 3.07. The first-order valence-electron chi connectivity index (χ1n) is 3.85. The van der Waals surface area contributed by atoms with E-state index < -0.39 is 11.6 Å². The van der Waals surface area contributed by atoms with Crippen LogP contribution in [0.1, 0.15) is 5.56 Å². The molecule has 1 rings (SSSR count). The third-order valence-corrected chi connectivity index (χ3v) is 1.69. The van der Waals surface area contributed by atoms with Gasteiger partial charge in [-0.05, 0) is 7.05 Å². The highest BCUT2D eigenvalue weighted by atomic mass is 19.1. The Hall–Kier alpha value is -1.16. The molecule has 0 heterocycles. The van der Waals surface area contributed by atoms with E-state index >= 15 is 0 Å². The first-order chi connectivity index (χ1) is 6.19. The third kappa shape index (κ3) is 2.15. The fourth-order valence-corrected chi connectivity index (χ4v) is 1.11. The topological polar surface area (TPSA) is 21.3 Å². The van der Waals surface area contributed by atoms with Gasteiger partial charge in [0.25, 0.3) is 0 Å². The van der Waals surface area contributed by atoms with Crippen LogP contribution in [0.5, 0.6) is 5.75 Å². The van der Waals surface area contributed by atoms with E-state index in [1.807, 2.05) is 0 Å². The highest BCUT2D eigenvalue weighted by Crippen LogP contribution is 2.22. The molecule has 0 saturated heterocycles. The van der Waals surface area contributed by atoms with Gasteiger partial charge in [0.15, 0.2) is 0 Å². The van der Waals surface area contributed by atoms with Crippen LogP contribution in [0.15, 0.2) is 12.1 Å². The fraction of sp³-hybridized carbons (Fsp3) is 0.333. The zero-order chi connectivity index (χ0) is 9.84. The van der Waals surface area contributed by atoms with E-state index in [4.69, 9.17) is 4.74 Å². The van der Waals surface area contributed by atoms with E-state index in [0.29, 0.717) is 12.1 Å². The Balaban J connectivity index is 3.13. The second-order valence-corrected chi connectivity index (χ2v) is 2.60. The van der Waals surface area contributed by atoms with Crippen LogP contribution in [0, 0.1) is 11.6 Å². The molecule has 0 spiro atoms. The minimum Gasteiger partial charge on any atom is -0.496 e. The molecule has 1 aromatic rings. The average Bonchev–Trinajstić information content (AvgIpc) is 2.09. The number of rotatable bonds is 3. The molecule has 0 aliphatic rings. The van der Waals surface area contributed by atoms with Gasteiger partial charge in [0.1, 0.15) is 17.4 Å². The smallest absolute Gasteiger partial charge is 0.134 e. The maximum absolute atomic E-state index is 13.1. The van der Waals surface area contributed by atoms with E-state index in [1.54, 1.807) is 7.05 Å². The van der Waals surface area contributed by atoms with Gasteiger partial charge in [-0.1, -0.05) is 0 Å². The van der Waals surface area contributed by atoms with Gasteiger partial charge in [-0.15, -0.1) is 0 Å². The molecule has 13 heavy (non-hydrogen) atoms. The third-order valence-electron chi connectivity index (χ3n) is 1.69. The summed E-state index contributed by atoms with van der Waals surface area (Å²) in [6.07, 6.45) is 0. The number of halogens is 2. The van der Waals surface area contributed by atoms with Gasteiger partial charge < -0.3 is 10.1 Å². The van der Waals surface area contributed by atoms with Gasteiger partial charge in [0, 0.05) is 24.2 Å². The minimum atomic E-state index is -0.630. The van der Waals surface area contributed by atoms with Crippen LogP contribution in [0.2, 0.25) is 0 Å². The summed E-state index contributed by atoms with van der Waals surface area (Å²) < 4.78 is 30.7. The molecule has 0 aliphatic heterocycles. The molecule has 0 aliphatic carbocycles. The molecular formula is C9H11F2NO. The van der Waals surface area contributed by atoms with Crippen molar-refractivity contribution in [3.05, 3.63) is 29.3 Å². The predicted octanol–water partition coefficient (Wildman–Crippen LogP) is 1.69. The molecule has 4 heteroatoms. The normalized spacial score (nSPS) is 10.2. The van der Waals surface area contributed by atoms with Crippen molar-refractivity contribution in [2.45, 2.75) is 6.54 Å². The van der Waals surface area contributed by atoms with Crippen molar-refractivity contribution in [3.8, 4) is 5.75 Å². The van der Waals surface area contributed by atoms with Crippen molar-refractivity contribution in [2.24, 2.45) is 0 Å². The molecule has 1 aromatic carbocycles. The van der Waals surface area contributed by atoms with Crippen molar-refractivity contribution >= 4 is 0 Å². The molecule has 72 valence electrons. The van der Waals surface area contributed by atoms with E-state index in [9.17, 15) is 8.78 Å². The molecule has 0 fully saturated rings. The lowest BCUT2D eigenvalue weighted by atomic mass is 10.2. The minimum absolute atomic E-state index is 0.229. The van der Waals surface area contributed by atoms with Crippen LogP contribution in [-0.2, 0) is 6.54 Å². The quantitative estimate of drug-likeness (QED) is 0.777. The lowest BCUT2D eigenvalue weighted by molar-refractivity contribution is 0.398. The maximum Gasteiger partial charge on any atom is 0.134 e. The number of nitrogens with one attached hydrogen (secondary N) is 1. The lowest BCUT2D eigenvalue weighted by Gasteiger charge is -2.08. The number of hydrogen-bond donors (Lipinski definition) is 1. The van der Waals surface area contributed by atoms with Crippen LogP contribution < -0.4 is 10.1 Å². The molecule has 0 saturated carbocycles. The molecule has 2 nitrogen and oxygen atoms in total. The Kier molecular flexibility index (Phi) is 3.19. The Morgan fingerprint density at radius 3 is 2.62 bits per heavy atom. The first-order valence-corrected chi connectivity index (χ1v) is 3.85. The highest BCUT2D eigenvalue weighted by Gasteiger charge is 2.10. The summed E-state index contributed by atoms with van der Waals surface area (Å²) in [5, 5.41) is 2.78. The molecule has 0 bridgehead atoms. The molecule has 1 N–H and O–H groups in total. The fourth-order valence-electron chi connectivity index (χ4n) is 1.11. The summed E-state index contributed by atoms with van der Waals surface area (Å²) in [5.74, 6) is -0.993. The molecule has 0 atom stereocenters. The zero-order valence-electron chi connectivity index (χ0n) is 7.53. The van der Waals surface area contributed by atoms with Gasteiger partial charge in [-0.25, -0.2) is 8.78 Å². The number of methoxy groups -OCH3 is 1. The van der Waals surface area contributed by atoms with Crippen molar-refractivity contribution in [1.82, 2.24) is 5.32 Å². The standard InChI is InChI=1S/C9H11F2NO/c1-12-5-7-8(11)3-6(10)4-9(7)13-2/h3-4,12H,5H2,1-2H3. The lowest BCUT2D eigenvalue weighted by Crippen LogP contribution is -2.09. The Morgan fingerprint density at radius 2 is 2.08 bits per heavy atom. The first kappa shape index (κ1) is 9.92. The van der Waals surface area contributed by atoms with Gasteiger partial charge >= 0.3 is 0 Å². The van der Waals surface area contributed by atoms with E-state index in [0.717, 1.165) is 12.1 Å².